The zero-order valence-electron chi connectivity index (χ0n) is 17.0. The first kappa shape index (κ1) is 22.0. The van der Waals surface area contributed by atoms with Crippen LogP contribution in [0.15, 0.2) is 72.8 Å². The lowest BCUT2D eigenvalue weighted by molar-refractivity contribution is -0.384. The topological polar surface area (TPSA) is 122 Å². The summed E-state index contributed by atoms with van der Waals surface area (Å²) >= 11 is 5.86. The Morgan fingerprint density at radius 3 is 2.52 bits per heavy atom. The molecule has 3 aromatic carbocycles. The minimum absolute atomic E-state index is 0.0248. The highest BCUT2D eigenvalue weighted by atomic mass is 35.5. The van der Waals surface area contributed by atoms with Crippen molar-refractivity contribution in [2.45, 2.75) is 12.5 Å². The van der Waals surface area contributed by atoms with Gasteiger partial charge in [0.25, 0.3) is 11.6 Å². The summed E-state index contributed by atoms with van der Waals surface area (Å²) < 4.78 is 0. The van der Waals surface area contributed by atoms with Crippen LogP contribution in [0, 0.1) is 10.1 Å². The minimum Gasteiger partial charge on any atom is -0.326 e. The Morgan fingerprint density at radius 1 is 1.06 bits per heavy atom. The summed E-state index contributed by atoms with van der Waals surface area (Å²) in [6.45, 7) is 0. The van der Waals surface area contributed by atoms with Crippen LogP contribution < -0.4 is 15.5 Å². The van der Waals surface area contributed by atoms with Crippen LogP contribution in [0.1, 0.15) is 16.8 Å². The summed E-state index contributed by atoms with van der Waals surface area (Å²) in [5.74, 6) is -1.67. The molecule has 0 fully saturated rings. The SMILES string of the molecule is O=C(C[C@H]1C(=O)Nc2ccccc2N1C(=O)c1cccc([N+](=O)[O-])c1)Nc1ccc(Cl)cc1. The number of fused-ring (bicyclic) bond motifs is 1. The first-order valence-electron chi connectivity index (χ1n) is 9.87. The van der Waals surface area contributed by atoms with E-state index in [-0.39, 0.29) is 17.7 Å². The molecule has 0 aliphatic carbocycles. The third-order valence-electron chi connectivity index (χ3n) is 5.07. The molecule has 0 bridgehead atoms. The molecule has 1 aliphatic heterocycles. The summed E-state index contributed by atoms with van der Waals surface area (Å²) in [5, 5.41) is 17.1. The highest BCUT2D eigenvalue weighted by Crippen LogP contribution is 2.34. The fourth-order valence-electron chi connectivity index (χ4n) is 3.54. The molecular weight excluding hydrogens is 448 g/mol. The smallest absolute Gasteiger partial charge is 0.270 e. The number of anilines is 3. The molecule has 9 nitrogen and oxygen atoms in total. The van der Waals surface area contributed by atoms with E-state index in [1.807, 2.05) is 0 Å². The zero-order chi connectivity index (χ0) is 23.5. The van der Waals surface area contributed by atoms with Crippen molar-refractivity contribution >= 4 is 52.1 Å². The van der Waals surface area contributed by atoms with Crippen LogP contribution in [0.25, 0.3) is 0 Å². The van der Waals surface area contributed by atoms with Crippen molar-refractivity contribution in [1.82, 2.24) is 0 Å². The Hall–Kier alpha value is -4.24. The van der Waals surface area contributed by atoms with Gasteiger partial charge in [-0.1, -0.05) is 29.8 Å². The molecule has 0 saturated carbocycles. The van der Waals surface area contributed by atoms with Crippen molar-refractivity contribution in [2.24, 2.45) is 0 Å². The number of hydrogen-bond donors (Lipinski definition) is 2. The van der Waals surface area contributed by atoms with E-state index >= 15 is 0 Å². The largest absolute Gasteiger partial charge is 0.326 e. The maximum Gasteiger partial charge on any atom is 0.270 e. The van der Waals surface area contributed by atoms with E-state index in [0.717, 1.165) is 6.07 Å². The number of halogens is 1. The van der Waals surface area contributed by atoms with Crippen molar-refractivity contribution in [2.75, 3.05) is 15.5 Å². The molecule has 33 heavy (non-hydrogen) atoms. The Labute approximate surface area is 193 Å². The van der Waals surface area contributed by atoms with Gasteiger partial charge < -0.3 is 10.6 Å². The van der Waals surface area contributed by atoms with Gasteiger partial charge in [-0.15, -0.1) is 0 Å². The maximum absolute atomic E-state index is 13.4. The lowest BCUT2D eigenvalue weighted by atomic mass is 10.0. The number of amides is 3. The number of rotatable bonds is 5. The second-order valence-electron chi connectivity index (χ2n) is 7.26. The predicted molar refractivity (Wildman–Crippen MR) is 123 cm³/mol. The van der Waals surface area contributed by atoms with Crippen LogP contribution in [0.5, 0.6) is 0 Å². The Morgan fingerprint density at radius 2 is 1.79 bits per heavy atom. The number of hydrogen-bond acceptors (Lipinski definition) is 5. The van der Waals surface area contributed by atoms with E-state index in [2.05, 4.69) is 10.6 Å². The van der Waals surface area contributed by atoms with Gasteiger partial charge in [-0.25, -0.2) is 0 Å². The molecule has 4 rings (SSSR count). The van der Waals surface area contributed by atoms with E-state index in [4.69, 9.17) is 11.6 Å². The van der Waals surface area contributed by atoms with Gasteiger partial charge in [0.15, 0.2) is 0 Å². The number of nitrogens with zero attached hydrogens (tertiary/aromatic N) is 2. The Kier molecular flexibility index (Phi) is 6.05. The molecule has 0 aromatic heterocycles. The first-order chi connectivity index (χ1) is 15.8. The molecule has 1 atom stereocenters. The quantitative estimate of drug-likeness (QED) is 0.432. The lowest BCUT2D eigenvalue weighted by Gasteiger charge is -2.36. The lowest BCUT2D eigenvalue weighted by Crippen LogP contribution is -2.52. The number of non-ortho nitro benzene ring substituents is 1. The number of carbonyl (C=O) groups is 3. The number of para-hydroxylation sites is 2. The van der Waals surface area contributed by atoms with Crippen LogP contribution in [0.2, 0.25) is 5.02 Å². The molecule has 1 aliphatic rings. The molecule has 3 aromatic rings. The summed E-state index contributed by atoms with van der Waals surface area (Å²) in [5.41, 5.74) is 1.04. The fourth-order valence-corrected chi connectivity index (χ4v) is 3.66. The van der Waals surface area contributed by atoms with Crippen LogP contribution in [0.3, 0.4) is 0 Å². The van der Waals surface area contributed by atoms with Crippen LogP contribution in [-0.4, -0.2) is 28.7 Å². The standard InChI is InChI=1S/C23H17ClN4O5/c24-15-8-10-16(11-9-15)25-21(29)13-20-22(30)26-18-6-1-2-7-19(18)27(20)23(31)14-4-3-5-17(12-14)28(32)33/h1-12,20H,13H2,(H,25,29)(H,26,30)/t20-/m0/s1. The number of carbonyl (C=O) groups excluding carboxylic acids is 3. The molecule has 10 heteroatoms. The van der Waals surface area contributed by atoms with Gasteiger partial charge in [0.2, 0.25) is 11.8 Å². The molecule has 0 radical (unpaired) electrons. The van der Waals surface area contributed by atoms with Crippen molar-refractivity contribution in [3.05, 3.63) is 93.5 Å². The number of nitro benzene ring substituents is 1. The summed E-state index contributed by atoms with van der Waals surface area (Å²) in [4.78, 5) is 50.8. The molecule has 3 amide bonds. The minimum atomic E-state index is -1.17. The van der Waals surface area contributed by atoms with Gasteiger partial charge in [-0.3, -0.25) is 29.4 Å². The van der Waals surface area contributed by atoms with E-state index in [0.29, 0.717) is 22.1 Å². The predicted octanol–water partition coefficient (Wildman–Crippen LogP) is 4.24. The summed E-state index contributed by atoms with van der Waals surface area (Å²) in [7, 11) is 0. The van der Waals surface area contributed by atoms with Crippen LogP contribution >= 0.6 is 11.6 Å². The van der Waals surface area contributed by atoms with Crippen LogP contribution in [0.4, 0.5) is 22.7 Å². The third-order valence-corrected chi connectivity index (χ3v) is 5.32. The molecule has 0 saturated heterocycles. The van der Waals surface area contributed by atoms with Crippen molar-refractivity contribution < 1.29 is 19.3 Å². The normalized spacial score (nSPS) is 14.8. The molecule has 166 valence electrons. The Balaban J connectivity index is 1.67. The maximum atomic E-state index is 13.4. The van der Waals surface area contributed by atoms with E-state index < -0.39 is 28.7 Å². The van der Waals surface area contributed by atoms with Gasteiger partial charge in [-0.2, -0.15) is 0 Å². The Bertz CT molecular complexity index is 1260. The van der Waals surface area contributed by atoms with Gasteiger partial charge in [-0.05, 0) is 42.5 Å². The van der Waals surface area contributed by atoms with Crippen LogP contribution in [-0.2, 0) is 9.59 Å². The summed E-state index contributed by atoms with van der Waals surface area (Å²) in [6, 6.07) is 17.2. The molecular formula is C23H17ClN4O5. The first-order valence-corrected chi connectivity index (χ1v) is 10.2. The van der Waals surface area contributed by atoms with E-state index in [9.17, 15) is 24.5 Å². The third kappa shape index (κ3) is 4.68. The highest BCUT2D eigenvalue weighted by Gasteiger charge is 2.38. The fraction of sp³-hybridized carbons (Fsp3) is 0.0870. The number of benzene rings is 3. The summed E-state index contributed by atoms with van der Waals surface area (Å²) in [6.07, 6.45) is -0.330. The van der Waals surface area contributed by atoms with Gasteiger partial charge >= 0.3 is 0 Å². The molecule has 1 heterocycles. The highest BCUT2D eigenvalue weighted by molar-refractivity contribution is 6.30. The van der Waals surface area contributed by atoms with Crippen molar-refractivity contribution in [3.63, 3.8) is 0 Å². The average molecular weight is 465 g/mol. The zero-order valence-corrected chi connectivity index (χ0v) is 17.8. The molecule has 2 N–H and O–H groups in total. The van der Waals surface area contributed by atoms with E-state index in [1.54, 1.807) is 48.5 Å². The van der Waals surface area contributed by atoms with Gasteiger partial charge in [0.1, 0.15) is 6.04 Å². The van der Waals surface area contributed by atoms with Crippen molar-refractivity contribution in [1.29, 1.82) is 0 Å². The van der Waals surface area contributed by atoms with Crippen molar-refractivity contribution in [3.8, 4) is 0 Å². The molecule has 0 spiro atoms. The second kappa shape index (κ2) is 9.09. The van der Waals surface area contributed by atoms with Gasteiger partial charge in [0.05, 0.1) is 22.7 Å². The second-order valence-corrected chi connectivity index (χ2v) is 7.70. The number of nitrogens with one attached hydrogen (secondary N) is 2. The monoisotopic (exact) mass is 464 g/mol. The molecule has 0 unspecified atom stereocenters. The average Bonchev–Trinajstić information content (AvgIpc) is 2.80. The number of nitro groups is 1. The van der Waals surface area contributed by atoms with E-state index in [1.165, 1.54) is 23.1 Å². The van der Waals surface area contributed by atoms with Gasteiger partial charge in [0, 0.05) is 28.4 Å².